The van der Waals surface area contributed by atoms with E-state index in [2.05, 4.69) is 31.1 Å². The van der Waals surface area contributed by atoms with Crippen molar-refractivity contribution in [3.8, 4) is 0 Å². The molecule has 0 saturated carbocycles. The first-order valence-corrected chi connectivity index (χ1v) is 11.6. The van der Waals surface area contributed by atoms with Gasteiger partial charge in [0.2, 0.25) is 0 Å². The van der Waals surface area contributed by atoms with E-state index >= 15 is 0 Å². The third-order valence-corrected chi connectivity index (χ3v) is 6.89. The van der Waals surface area contributed by atoms with Crippen molar-refractivity contribution in [3.05, 3.63) is 67.1 Å². The van der Waals surface area contributed by atoms with E-state index in [1.807, 2.05) is 0 Å². The van der Waals surface area contributed by atoms with Crippen LogP contribution in [0.1, 0.15) is 40.4 Å². The predicted molar refractivity (Wildman–Crippen MR) is 125 cm³/mol. The number of hydrogen-bond donors (Lipinski definition) is 1. The summed E-state index contributed by atoms with van der Waals surface area (Å²) in [5.41, 5.74) is -5.90. The summed E-state index contributed by atoms with van der Waals surface area (Å²) in [6, 6.07) is 3.71. The van der Waals surface area contributed by atoms with Gasteiger partial charge in [-0.1, -0.05) is 34.4 Å². The van der Waals surface area contributed by atoms with Crippen molar-refractivity contribution in [3.63, 3.8) is 0 Å². The van der Waals surface area contributed by atoms with Crippen molar-refractivity contribution < 1.29 is 45.5 Å². The Balaban J connectivity index is 1.96. The molecular weight excluding hydrogens is 621 g/mol. The summed E-state index contributed by atoms with van der Waals surface area (Å²) in [6.07, 6.45) is -11.3. The first kappa shape index (κ1) is 29.1. The van der Waals surface area contributed by atoms with E-state index in [-0.39, 0.29) is 27.4 Å². The minimum Gasteiger partial charge on any atom is -0.467 e. The molecule has 0 saturated heterocycles. The first-order chi connectivity index (χ1) is 17.0. The second kappa shape index (κ2) is 10.3. The zero-order valence-corrected chi connectivity index (χ0v) is 21.8. The Hall–Kier alpha value is -2.51. The molecule has 6 nitrogen and oxygen atoms in total. The number of halogens is 9. The number of methoxy groups -OCH3 is 1. The summed E-state index contributed by atoms with van der Waals surface area (Å²) in [6.45, 7) is 1.39. The molecule has 1 unspecified atom stereocenters. The molecule has 0 radical (unpaired) electrons. The van der Waals surface area contributed by atoms with E-state index < -0.39 is 63.5 Å². The average molecular weight is 636 g/mol. The van der Waals surface area contributed by atoms with Crippen molar-refractivity contribution in [2.24, 2.45) is 5.16 Å². The van der Waals surface area contributed by atoms with E-state index in [0.29, 0.717) is 6.07 Å². The minimum absolute atomic E-state index is 0.0420. The maximum absolute atomic E-state index is 14.3. The summed E-state index contributed by atoms with van der Waals surface area (Å²) in [4.78, 5) is 28.7. The first-order valence-electron chi connectivity index (χ1n) is 10.1. The summed E-state index contributed by atoms with van der Waals surface area (Å²) < 4.78 is 87.6. The quantitative estimate of drug-likeness (QED) is 0.295. The van der Waals surface area contributed by atoms with Crippen molar-refractivity contribution >= 4 is 56.7 Å². The standard InChI is InChI=1S/C22H15BrCl2F6N2O4/c1-9(19(35)36-2)32-18(34)12-4-3-10(5-14(12)23)16-8-20(37-33-16,22(29,30)31)11-6-13(21(26,27)28)17(25)15(24)7-11/h3-7,9H,8H2,1-2H3,(H,32,34)/t9-,20?/m0/s1. The van der Waals surface area contributed by atoms with E-state index in [1.54, 1.807) is 0 Å². The third-order valence-electron chi connectivity index (χ3n) is 5.44. The minimum atomic E-state index is -5.21. The topological polar surface area (TPSA) is 77.0 Å². The number of oxime groups is 1. The van der Waals surface area contributed by atoms with Crippen LogP contribution in [-0.4, -0.2) is 36.9 Å². The van der Waals surface area contributed by atoms with Crippen LogP contribution >= 0.6 is 39.1 Å². The molecule has 3 rings (SSSR count). The van der Waals surface area contributed by atoms with Gasteiger partial charge in [0.05, 0.1) is 34.0 Å². The van der Waals surface area contributed by atoms with Gasteiger partial charge in [-0.05, 0) is 47.1 Å². The van der Waals surface area contributed by atoms with Crippen LogP contribution in [0.2, 0.25) is 10.0 Å². The number of nitrogens with one attached hydrogen (secondary N) is 1. The molecule has 200 valence electrons. The van der Waals surface area contributed by atoms with Crippen LogP contribution < -0.4 is 5.32 Å². The molecule has 0 fully saturated rings. The Kier molecular flexibility index (Phi) is 8.11. The molecule has 1 N–H and O–H groups in total. The molecule has 0 aliphatic carbocycles. The maximum Gasteiger partial charge on any atom is 0.435 e. The van der Waals surface area contributed by atoms with Crippen molar-refractivity contribution in [1.29, 1.82) is 0 Å². The number of ether oxygens (including phenoxy) is 1. The number of carbonyl (C=O) groups excluding carboxylic acids is 2. The number of hydrogen-bond acceptors (Lipinski definition) is 5. The van der Waals surface area contributed by atoms with E-state index in [4.69, 9.17) is 28.0 Å². The molecule has 0 bridgehead atoms. The number of carbonyl (C=O) groups is 2. The lowest BCUT2D eigenvalue weighted by atomic mass is 9.85. The lowest BCUT2D eigenvalue weighted by Gasteiger charge is -2.30. The molecule has 2 aromatic carbocycles. The van der Waals surface area contributed by atoms with Gasteiger partial charge in [0.15, 0.2) is 0 Å². The van der Waals surface area contributed by atoms with Gasteiger partial charge >= 0.3 is 18.3 Å². The maximum atomic E-state index is 14.3. The fourth-order valence-corrected chi connectivity index (χ4v) is 4.47. The summed E-state index contributed by atoms with van der Waals surface area (Å²) in [7, 11) is 1.14. The largest absolute Gasteiger partial charge is 0.467 e. The second-order valence-corrected chi connectivity index (χ2v) is 9.50. The molecule has 1 amide bonds. The molecule has 0 spiro atoms. The van der Waals surface area contributed by atoms with Crippen LogP contribution in [0.5, 0.6) is 0 Å². The number of alkyl halides is 6. The molecule has 1 aliphatic heterocycles. The molecule has 1 heterocycles. The van der Waals surface area contributed by atoms with Crippen LogP contribution in [0.25, 0.3) is 0 Å². The SMILES string of the molecule is COC(=O)[C@H](C)NC(=O)c1ccc(C2=NOC(c3cc(Cl)c(Cl)c(C(F)(F)F)c3)(C(F)(F)F)C2)cc1Br. The lowest BCUT2D eigenvalue weighted by Crippen LogP contribution is -2.43. The summed E-state index contributed by atoms with van der Waals surface area (Å²) >= 11 is 14.5. The van der Waals surface area contributed by atoms with Gasteiger partial charge in [0.1, 0.15) is 6.04 Å². The summed E-state index contributed by atoms with van der Waals surface area (Å²) in [5.74, 6) is -1.38. The van der Waals surface area contributed by atoms with Crippen molar-refractivity contribution in [2.75, 3.05) is 7.11 Å². The smallest absolute Gasteiger partial charge is 0.435 e. The molecule has 37 heavy (non-hydrogen) atoms. The van der Waals surface area contributed by atoms with Crippen LogP contribution in [0.3, 0.4) is 0 Å². The fourth-order valence-electron chi connectivity index (χ4n) is 3.48. The Morgan fingerprint density at radius 3 is 2.35 bits per heavy atom. The summed E-state index contributed by atoms with van der Waals surface area (Å²) in [5, 5.41) is 4.20. The number of nitrogens with zero attached hydrogens (tertiary/aromatic N) is 1. The van der Waals surface area contributed by atoms with Crippen LogP contribution in [-0.2, 0) is 26.1 Å². The lowest BCUT2D eigenvalue weighted by molar-refractivity contribution is -0.276. The third kappa shape index (κ3) is 5.68. The van der Waals surface area contributed by atoms with Crippen molar-refractivity contribution in [1.82, 2.24) is 5.32 Å². The van der Waals surface area contributed by atoms with Gasteiger partial charge in [-0.2, -0.15) is 26.3 Å². The van der Waals surface area contributed by atoms with Gasteiger partial charge in [0, 0.05) is 22.0 Å². The average Bonchev–Trinajstić information content (AvgIpc) is 3.26. The number of amides is 1. The van der Waals surface area contributed by atoms with E-state index in [9.17, 15) is 35.9 Å². The highest BCUT2D eigenvalue weighted by Gasteiger charge is 2.63. The number of rotatable bonds is 5. The predicted octanol–water partition coefficient (Wildman–Crippen LogP) is 6.65. The van der Waals surface area contributed by atoms with E-state index in [0.717, 1.165) is 7.11 Å². The molecular formula is C22H15BrCl2F6N2O4. The molecule has 2 aromatic rings. The normalized spacial score (nSPS) is 18.6. The zero-order valence-electron chi connectivity index (χ0n) is 18.7. The Bertz CT molecular complexity index is 1290. The Morgan fingerprint density at radius 2 is 1.81 bits per heavy atom. The van der Waals surface area contributed by atoms with Gasteiger partial charge < -0.3 is 14.9 Å². The molecule has 2 atom stereocenters. The molecule has 15 heteroatoms. The molecule has 1 aliphatic rings. The van der Waals surface area contributed by atoms with Crippen molar-refractivity contribution in [2.45, 2.75) is 37.3 Å². The van der Waals surface area contributed by atoms with Crippen LogP contribution in [0.15, 0.2) is 40.0 Å². The van der Waals surface area contributed by atoms with Crippen LogP contribution in [0.4, 0.5) is 26.3 Å². The zero-order chi connectivity index (χ0) is 27.9. The van der Waals surface area contributed by atoms with Gasteiger partial charge in [-0.15, -0.1) is 0 Å². The highest BCUT2D eigenvalue weighted by atomic mass is 79.9. The monoisotopic (exact) mass is 634 g/mol. The van der Waals surface area contributed by atoms with Crippen LogP contribution in [0, 0.1) is 0 Å². The highest BCUT2D eigenvalue weighted by molar-refractivity contribution is 9.10. The van der Waals surface area contributed by atoms with Gasteiger partial charge in [0.25, 0.3) is 11.5 Å². The second-order valence-electron chi connectivity index (χ2n) is 7.86. The highest BCUT2D eigenvalue weighted by Crippen LogP contribution is 2.51. The number of benzene rings is 2. The fraction of sp³-hybridized carbons (Fsp3) is 0.318. The Labute approximate surface area is 224 Å². The molecule has 0 aromatic heterocycles. The Morgan fingerprint density at radius 1 is 1.16 bits per heavy atom. The number of esters is 1. The van der Waals surface area contributed by atoms with E-state index in [1.165, 1.54) is 25.1 Å². The van der Waals surface area contributed by atoms with Gasteiger partial charge in [-0.25, -0.2) is 4.79 Å². The van der Waals surface area contributed by atoms with Gasteiger partial charge in [-0.3, -0.25) is 4.79 Å².